The lowest BCUT2D eigenvalue weighted by Gasteiger charge is -2.35. The van der Waals surface area contributed by atoms with E-state index in [0.717, 1.165) is 31.9 Å². The molecule has 1 saturated carbocycles. The van der Waals surface area contributed by atoms with Gasteiger partial charge in [-0.05, 0) is 36.5 Å². The highest BCUT2D eigenvalue weighted by Crippen LogP contribution is 2.32. The highest BCUT2D eigenvalue weighted by atomic mass is 16.5. The average molecular weight is 391 g/mol. The molecule has 0 aromatic heterocycles. The van der Waals surface area contributed by atoms with E-state index in [1.165, 1.54) is 32.1 Å². The molecule has 1 aromatic carbocycles. The predicted octanol–water partition coefficient (Wildman–Crippen LogP) is 3.16. The number of benzene rings is 1. The number of nitrogens with zero attached hydrogens (tertiary/aromatic N) is 1. The maximum atomic E-state index is 12.6. The minimum absolute atomic E-state index is 0.0963. The number of hydrogen-bond acceptors (Lipinski definition) is 5. The molecular formula is C22H34N2O4. The van der Waals surface area contributed by atoms with Crippen LogP contribution in [-0.2, 0) is 9.53 Å². The molecule has 1 atom stereocenters. The van der Waals surface area contributed by atoms with Gasteiger partial charge in [0, 0.05) is 26.1 Å². The van der Waals surface area contributed by atoms with Gasteiger partial charge in [-0.1, -0.05) is 25.3 Å². The first kappa shape index (κ1) is 20.9. The van der Waals surface area contributed by atoms with Crippen molar-refractivity contribution >= 4 is 5.91 Å². The van der Waals surface area contributed by atoms with E-state index < -0.39 is 0 Å². The number of amides is 1. The molecule has 2 fully saturated rings. The van der Waals surface area contributed by atoms with Crippen LogP contribution in [0.25, 0.3) is 0 Å². The number of rotatable bonds is 8. The Bertz CT molecular complexity index is 625. The molecule has 3 rings (SSSR count). The number of methoxy groups -OCH3 is 2. The molecule has 1 saturated heterocycles. The minimum atomic E-state index is 0.0963. The van der Waals surface area contributed by atoms with Crippen molar-refractivity contribution in [3.63, 3.8) is 0 Å². The van der Waals surface area contributed by atoms with Gasteiger partial charge in [0.25, 0.3) is 0 Å². The van der Waals surface area contributed by atoms with Gasteiger partial charge < -0.3 is 19.5 Å². The van der Waals surface area contributed by atoms with Crippen molar-refractivity contribution in [1.29, 1.82) is 0 Å². The van der Waals surface area contributed by atoms with Crippen LogP contribution in [0.5, 0.6) is 11.5 Å². The van der Waals surface area contributed by atoms with E-state index in [1.807, 2.05) is 12.1 Å². The molecule has 1 N–H and O–H groups in total. The first-order valence-corrected chi connectivity index (χ1v) is 10.5. The lowest BCUT2D eigenvalue weighted by atomic mass is 9.87. The molecule has 0 radical (unpaired) electrons. The molecule has 6 heteroatoms. The fourth-order valence-corrected chi connectivity index (χ4v) is 4.34. The first-order valence-electron chi connectivity index (χ1n) is 10.5. The third kappa shape index (κ3) is 5.61. The molecule has 1 aliphatic carbocycles. The molecule has 156 valence electrons. The summed E-state index contributed by atoms with van der Waals surface area (Å²) in [6.07, 6.45) is 6.88. The molecule has 2 aliphatic rings. The monoisotopic (exact) mass is 390 g/mol. The molecule has 0 spiro atoms. The van der Waals surface area contributed by atoms with Gasteiger partial charge in [0.15, 0.2) is 11.5 Å². The van der Waals surface area contributed by atoms with E-state index in [4.69, 9.17) is 14.2 Å². The molecule has 1 amide bonds. The summed E-state index contributed by atoms with van der Waals surface area (Å²) in [7, 11) is 3.29. The lowest BCUT2D eigenvalue weighted by Crippen LogP contribution is -2.44. The van der Waals surface area contributed by atoms with Crippen LogP contribution in [0.1, 0.15) is 50.1 Å². The van der Waals surface area contributed by atoms with Crippen LogP contribution in [-0.4, -0.2) is 57.9 Å². The SMILES string of the molecule is COc1ccc(C(CNC(=O)CC2CCCCC2)N2CCOCC2)cc1OC. The van der Waals surface area contributed by atoms with Gasteiger partial charge in [0.1, 0.15) is 0 Å². The highest BCUT2D eigenvalue weighted by Gasteiger charge is 2.25. The summed E-state index contributed by atoms with van der Waals surface area (Å²) in [4.78, 5) is 14.9. The van der Waals surface area contributed by atoms with Crippen LogP contribution in [0.15, 0.2) is 18.2 Å². The summed E-state index contributed by atoms with van der Waals surface area (Å²) in [6.45, 7) is 3.76. The van der Waals surface area contributed by atoms with E-state index in [9.17, 15) is 4.79 Å². The molecule has 28 heavy (non-hydrogen) atoms. The Morgan fingerprint density at radius 1 is 1.14 bits per heavy atom. The molecule has 1 unspecified atom stereocenters. The predicted molar refractivity (Wildman–Crippen MR) is 109 cm³/mol. The zero-order chi connectivity index (χ0) is 19.8. The zero-order valence-corrected chi connectivity index (χ0v) is 17.2. The average Bonchev–Trinajstić information content (AvgIpc) is 2.75. The van der Waals surface area contributed by atoms with Gasteiger partial charge in [-0.25, -0.2) is 0 Å². The number of carbonyl (C=O) groups excluding carboxylic acids is 1. The topological polar surface area (TPSA) is 60.0 Å². The van der Waals surface area contributed by atoms with E-state index >= 15 is 0 Å². The van der Waals surface area contributed by atoms with Gasteiger partial charge in [0.05, 0.1) is 33.5 Å². The number of carbonyl (C=O) groups is 1. The number of morpholine rings is 1. The summed E-state index contributed by atoms with van der Waals surface area (Å²) in [5.74, 6) is 2.16. The normalized spacial score (nSPS) is 19.8. The second-order valence-electron chi connectivity index (χ2n) is 7.79. The molecule has 0 bridgehead atoms. The van der Waals surface area contributed by atoms with Crippen LogP contribution in [0, 0.1) is 5.92 Å². The largest absolute Gasteiger partial charge is 0.493 e. The Balaban J connectivity index is 1.67. The van der Waals surface area contributed by atoms with Crippen molar-refractivity contribution in [2.24, 2.45) is 5.92 Å². The molecule has 6 nitrogen and oxygen atoms in total. The van der Waals surface area contributed by atoms with E-state index in [-0.39, 0.29) is 11.9 Å². The summed E-state index contributed by atoms with van der Waals surface area (Å²) in [6, 6.07) is 6.12. The molecule has 1 heterocycles. The smallest absolute Gasteiger partial charge is 0.220 e. The van der Waals surface area contributed by atoms with Crippen molar-refractivity contribution in [3.8, 4) is 11.5 Å². The van der Waals surface area contributed by atoms with E-state index in [1.54, 1.807) is 14.2 Å². The van der Waals surface area contributed by atoms with Crippen molar-refractivity contribution in [2.45, 2.75) is 44.6 Å². The summed E-state index contributed by atoms with van der Waals surface area (Å²) in [5.41, 5.74) is 1.12. The van der Waals surface area contributed by atoms with Crippen LogP contribution < -0.4 is 14.8 Å². The second-order valence-corrected chi connectivity index (χ2v) is 7.79. The van der Waals surface area contributed by atoms with Crippen molar-refractivity contribution in [1.82, 2.24) is 10.2 Å². The lowest BCUT2D eigenvalue weighted by molar-refractivity contribution is -0.122. The van der Waals surface area contributed by atoms with Gasteiger partial charge in [-0.3, -0.25) is 9.69 Å². The summed E-state index contributed by atoms with van der Waals surface area (Å²) in [5, 5.41) is 3.20. The van der Waals surface area contributed by atoms with Crippen molar-refractivity contribution < 1.29 is 19.0 Å². The fraction of sp³-hybridized carbons (Fsp3) is 0.682. The van der Waals surface area contributed by atoms with E-state index in [2.05, 4.69) is 16.3 Å². The van der Waals surface area contributed by atoms with Gasteiger partial charge in [0.2, 0.25) is 5.91 Å². The zero-order valence-electron chi connectivity index (χ0n) is 17.2. The van der Waals surface area contributed by atoms with Gasteiger partial charge in [-0.2, -0.15) is 0 Å². The van der Waals surface area contributed by atoms with Crippen LogP contribution in [0.2, 0.25) is 0 Å². The third-order valence-corrected chi connectivity index (χ3v) is 5.97. The third-order valence-electron chi connectivity index (χ3n) is 5.97. The van der Waals surface area contributed by atoms with Crippen molar-refractivity contribution in [2.75, 3.05) is 47.1 Å². The quantitative estimate of drug-likeness (QED) is 0.739. The van der Waals surface area contributed by atoms with E-state index in [0.29, 0.717) is 30.4 Å². The summed E-state index contributed by atoms with van der Waals surface area (Å²) >= 11 is 0. The second kappa shape index (κ2) is 10.7. The minimum Gasteiger partial charge on any atom is -0.493 e. The maximum absolute atomic E-state index is 12.6. The Labute approximate surface area is 168 Å². The molecule has 1 aliphatic heterocycles. The Morgan fingerprint density at radius 2 is 1.86 bits per heavy atom. The number of hydrogen-bond donors (Lipinski definition) is 1. The molecule has 1 aromatic rings. The van der Waals surface area contributed by atoms with Crippen LogP contribution in [0.4, 0.5) is 0 Å². The standard InChI is InChI=1S/C22H34N2O4/c1-26-20-9-8-18(15-21(20)27-2)19(24-10-12-28-13-11-24)16-23-22(25)14-17-6-4-3-5-7-17/h8-9,15,17,19H,3-7,10-14,16H2,1-2H3,(H,23,25). The van der Waals surface area contributed by atoms with Gasteiger partial charge in [-0.15, -0.1) is 0 Å². The Kier molecular flexibility index (Phi) is 7.98. The fourth-order valence-electron chi connectivity index (χ4n) is 4.34. The Morgan fingerprint density at radius 3 is 2.54 bits per heavy atom. The maximum Gasteiger partial charge on any atom is 0.220 e. The first-order chi connectivity index (χ1) is 13.7. The van der Waals surface area contributed by atoms with Gasteiger partial charge >= 0.3 is 0 Å². The Hall–Kier alpha value is -1.79. The number of ether oxygens (including phenoxy) is 3. The van der Waals surface area contributed by atoms with Crippen LogP contribution in [0.3, 0.4) is 0 Å². The van der Waals surface area contributed by atoms with Crippen molar-refractivity contribution in [3.05, 3.63) is 23.8 Å². The summed E-state index contributed by atoms with van der Waals surface area (Å²) < 4.78 is 16.4. The number of nitrogens with one attached hydrogen (secondary N) is 1. The highest BCUT2D eigenvalue weighted by molar-refractivity contribution is 5.76. The van der Waals surface area contributed by atoms with Crippen LogP contribution >= 0.6 is 0 Å². The molecular weight excluding hydrogens is 356 g/mol.